The van der Waals surface area contributed by atoms with Crippen LogP contribution >= 0.6 is 0 Å². The van der Waals surface area contributed by atoms with Gasteiger partial charge in [-0.1, -0.05) is 18.2 Å². The van der Waals surface area contributed by atoms with Gasteiger partial charge in [0.1, 0.15) is 5.75 Å². The van der Waals surface area contributed by atoms with Gasteiger partial charge in [-0.3, -0.25) is 9.69 Å². The number of methoxy groups -OCH3 is 1. The number of carbonyl (C=O) groups is 1. The number of hydrogen-bond donors (Lipinski definition) is 0. The molecule has 1 fully saturated rings. The lowest BCUT2D eigenvalue weighted by atomic mass is 10.0. The van der Waals surface area contributed by atoms with E-state index in [9.17, 15) is 4.79 Å². The second-order valence-corrected chi connectivity index (χ2v) is 7.67. The van der Waals surface area contributed by atoms with Crippen molar-refractivity contribution in [1.82, 2.24) is 9.47 Å². The van der Waals surface area contributed by atoms with Crippen LogP contribution < -0.4 is 4.74 Å². The Morgan fingerprint density at radius 3 is 2.62 bits per heavy atom. The molecule has 5 heteroatoms. The van der Waals surface area contributed by atoms with Crippen molar-refractivity contribution >= 4 is 16.7 Å². The van der Waals surface area contributed by atoms with Crippen molar-refractivity contribution in [3.05, 3.63) is 65.4 Å². The summed E-state index contributed by atoms with van der Waals surface area (Å²) < 4.78 is 13.2. The van der Waals surface area contributed by atoms with E-state index in [0.717, 1.165) is 60.7 Å². The molecule has 1 unspecified atom stereocenters. The summed E-state index contributed by atoms with van der Waals surface area (Å²) in [6.07, 6.45) is 0.276. The lowest BCUT2D eigenvalue weighted by Gasteiger charge is -2.31. The number of aromatic nitrogens is 1. The van der Waals surface area contributed by atoms with Crippen LogP contribution in [0.1, 0.15) is 28.5 Å². The van der Waals surface area contributed by atoms with E-state index < -0.39 is 0 Å². The smallest absolute Gasteiger partial charge is 0.195 e. The average Bonchev–Trinajstić information content (AvgIpc) is 3.03. The second kappa shape index (κ2) is 8.39. The molecule has 4 rings (SSSR count). The first-order valence-electron chi connectivity index (χ1n) is 10.2. The maximum absolute atomic E-state index is 13.4. The lowest BCUT2D eigenvalue weighted by molar-refractivity contribution is -0.0190. The number of rotatable bonds is 6. The SMILES string of the molecule is COc1ccc(C(=O)c2c(C)n(CCN3CCOC(C)C3)c3ccccc23)cc1. The van der Waals surface area contributed by atoms with Crippen LogP contribution in [0.5, 0.6) is 5.75 Å². The van der Waals surface area contributed by atoms with Crippen molar-refractivity contribution in [2.75, 3.05) is 33.4 Å². The molecule has 1 aliphatic rings. The number of benzene rings is 2. The van der Waals surface area contributed by atoms with Crippen molar-refractivity contribution in [2.24, 2.45) is 0 Å². The highest BCUT2D eigenvalue weighted by Crippen LogP contribution is 2.28. The molecule has 5 nitrogen and oxygen atoms in total. The molecule has 1 aliphatic heterocycles. The van der Waals surface area contributed by atoms with E-state index >= 15 is 0 Å². The molecule has 29 heavy (non-hydrogen) atoms. The highest BCUT2D eigenvalue weighted by molar-refractivity contribution is 6.17. The summed E-state index contributed by atoms with van der Waals surface area (Å²) in [6, 6.07) is 15.5. The standard InChI is InChI=1S/C24H28N2O3/c1-17-16-25(14-15-29-17)12-13-26-18(2)23(21-6-4-5-7-22(21)26)24(27)19-8-10-20(28-3)11-9-19/h4-11,17H,12-16H2,1-3H3. The molecule has 0 bridgehead atoms. The molecule has 0 amide bonds. The zero-order valence-electron chi connectivity index (χ0n) is 17.4. The zero-order chi connectivity index (χ0) is 20.4. The minimum atomic E-state index is 0.0556. The van der Waals surface area contributed by atoms with E-state index in [1.807, 2.05) is 42.5 Å². The molecule has 152 valence electrons. The fourth-order valence-corrected chi connectivity index (χ4v) is 4.23. The summed E-state index contributed by atoms with van der Waals surface area (Å²) >= 11 is 0. The molecule has 0 aliphatic carbocycles. The first kappa shape index (κ1) is 19.7. The van der Waals surface area contributed by atoms with Crippen molar-refractivity contribution in [3.63, 3.8) is 0 Å². The van der Waals surface area contributed by atoms with Gasteiger partial charge in [0.15, 0.2) is 5.78 Å². The third kappa shape index (κ3) is 3.93. The van der Waals surface area contributed by atoms with Gasteiger partial charge in [0, 0.05) is 48.3 Å². The molecule has 2 aromatic carbocycles. The fourth-order valence-electron chi connectivity index (χ4n) is 4.23. The van der Waals surface area contributed by atoms with E-state index in [-0.39, 0.29) is 11.9 Å². The minimum absolute atomic E-state index is 0.0556. The highest BCUT2D eigenvalue weighted by atomic mass is 16.5. The van der Waals surface area contributed by atoms with E-state index in [2.05, 4.69) is 29.4 Å². The molecule has 1 atom stereocenters. The summed E-state index contributed by atoms with van der Waals surface area (Å²) in [5.41, 5.74) is 3.61. The van der Waals surface area contributed by atoms with Crippen molar-refractivity contribution in [3.8, 4) is 5.75 Å². The van der Waals surface area contributed by atoms with Gasteiger partial charge in [-0.2, -0.15) is 0 Å². The van der Waals surface area contributed by atoms with Crippen LogP contribution in [0.15, 0.2) is 48.5 Å². The molecule has 3 aromatic rings. The molecule has 1 aromatic heterocycles. The largest absolute Gasteiger partial charge is 0.497 e. The molecular weight excluding hydrogens is 364 g/mol. The number of nitrogens with zero attached hydrogens (tertiary/aromatic N) is 2. The van der Waals surface area contributed by atoms with E-state index in [0.29, 0.717) is 5.56 Å². The minimum Gasteiger partial charge on any atom is -0.497 e. The highest BCUT2D eigenvalue weighted by Gasteiger charge is 2.22. The van der Waals surface area contributed by atoms with Crippen molar-refractivity contribution in [1.29, 1.82) is 0 Å². The molecular formula is C24H28N2O3. The summed E-state index contributed by atoms with van der Waals surface area (Å²) in [5, 5.41) is 1.01. The van der Waals surface area contributed by atoms with E-state index in [1.165, 1.54) is 0 Å². The van der Waals surface area contributed by atoms with Gasteiger partial charge in [0.25, 0.3) is 0 Å². The monoisotopic (exact) mass is 392 g/mol. The molecule has 2 heterocycles. The third-order valence-electron chi connectivity index (χ3n) is 5.78. The predicted molar refractivity (Wildman–Crippen MR) is 115 cm³/mol. The predicted octanol–water partition coefficient (Wildman–Crippen LogP) is 3.91. The Morgan fingerprint density at radius 1 is 1.14 bits per heavy atom. The Morgan fingerprint density at radius 2 is 1.90 bits per heavy atom. The Balaban J connectivity index is 1.66. The summed E-state index contributed by atoms with van der Waals surface area (Å²) in [7, 11) is 1.63. The molecule has 0 radical (unpaired) electrons. The Hall–Kier alpha value is -2.63. The topological polar surface area (TPSA) is 43.7 Å². The number of morpholine rings is 1. The number of hydrogen-bond acceptors (Lipinski definition) is 4. The van der Waals surface area contributed by atoms with Gasteiger partial charge in [-0.05, 0) is 44.2 Å². The van der Waals surface area contributed by atoms with Crippen LogP contribution in [0.3, 0.4) is 0 Å². The number of ketones is 1. The van der Waals surface area contributed by atoms with Gasteiger partial charge >= 0.3 is 0 Å². The first-order chi connectivity index (χ1) is 14.1. The van der Waals surface area contributed by atoms with Gasteiger partial charge in [-0.25, -0.2) is 0 Å². The fraction of sp³-hybridized carbons (Fsp3) is 0.375. The van der Waals surface area contributed by atoms with Crippen LogP contribution in [0.2, 0.25) is 0 Å². The number of ether oxygens (including phenoxy) is 2. The Bertz CT molecular complexity index is 1010. The summed E-state index contributed by atoms with van der Waals surface area (Å²) in [4.78, 5) is 15.8. The van der Waals surface area contributed by atoms with Gasteiger partial charge in [0.05, 0.1) is 25.4 Å². The third-order valence-corrected chi connectivity index (χ3v) is 5.78. The van der Waals surface area contributed by atoms with Crippen LogP contribution in [-0.2, 0) is 11.3 Å². The average molecular weight is 392 g/mol. The van der Waals surface area contributed by atoms with Crippen molar-refractivity contribution < 1.29 is 14.3 Å². The maximum atomic E-state index is 13.4. The Kier molecular flexibility index (Phi) is 5.69. The van der Waals surface area contributed by atoms with Gasteiger partial charge < -0.3 is 14.0 Å². The summed E-state index contributed by atoms with van der Waals surface area (Å²) in [5.74, 6) is 0.806. The van der Waals surface area contributed by atoms with Crippen LogP contribution in [0.4, 0.5) is 0 Å². The van der Waals surface area contributed by atoms with Crippen molar-refractivity contribution in [2.45, 2.75) is 26.5 Å². The molecule has 0 spiro atoms. The Labute approximate surface area is 171 Å². The summed E-state index contributed by atoms with van der Waals surface area (Å²) in [6.45, 7) is 8.68. The first-order valence-corrected chi connectivity index (χ1v) is 10.2. The second-order valence-electron chi connectivity index (χ2n) is 7.67. The number of carbonyl (C=O) groups excluding carboxylic acids is 1. The van der Waals surface area contributed by atoms with E-state index in [4.69, 9.17) is 9.47 Å². The van der Waals surface area contributed by atoms with Gasteiger partial charge in [0.2, 0.25) is 0 Å². The van der Waals surface area contributed by atoms with Crippen LogP contribution in [0.25, 0.3) is 10.9 Å². The number of para-hydroxylation sites is 1. The zero-order valence-corrected chi connectivity index (χ0v) is 17.4. The van der Waals surface area contributed by atoms with Crippen LogP contribution in [0, 0.1) is 6.92 Å². The maximum Gasteiger partial charge on any atom is 0.195 e. The van der Waals surface area contributed by atoms with Gasteiger partial charge in [-0.15, -0.1) is 0 Å². The quantitative estimate of drug-likeness (QED) is 0.597. The lowest BCUT2D eigenvalue weighted by Crippen LogP contribution is -2.42. The van der Waals surface area contributed by atoms with Crippen LogP contribution in [-0.4, -0.2) is 54.7 Å². The molecule has 0 saturated carbocycles. The molecule has 0 N–H and O–H groups in total. The number of fused-ring (bicyclic) bond motifs is 1. The molecule has 1 saturated heterocycles. The normalized spacial score (nSPS) is 17.6. The van der Waals surface area contributed by atoms with E-state index in [1.54, 1.807) is 7.11 Å².